The molecule has 2 aromatic rings. The van der Waals surface area contributed by atoms with E-state index in [2.05, 4.69) is 5.32 Å². The third-order valence-electron chi connectivity index (χ3n) is 3.93. The number of halogens is 1. The van der Waals surface area contributed by atoms with Crippen molar-refractivity contribution in [2.75, 3.05) is 20.8 Å². The van der Waals surface area contributed by atoms with Crippen LogP contribution in [0, 0.1) is 0 Å². The minimum absolute atomic E-state index is 0.236. The fraction of sp³-hybridized carbons (Fsp3) is 0.238. The monoisotopic (exact) mass is 403 g/mol. The lowest BCUT2D eigenvalue weighted by atomic mass is 10.1. The summed E-state index contributed by atoms with van der Waals surface area (Å²) in [5.74, 6) is 0.172. The van der Waals surface area contributed by atoms with Crippen LogP contribution in [-0.4, -0.2) is 32.7 Å². The van der Waals surface area contributed by atoms with E-state index in [1.54, 1.807) is 37.4 Å². The first-order valence-electron chi connectivity index (χ1n) is 8.54. The molecule has 0 bridgehead atoms. The molecule has 0 heterocycles. The van der Waals surface area contributed by atoms with Gasteiger partial charge in [0.2, 0.25) is 0 Å². The van der Waals surface area contributed by atoms with Crippen molar-refractivity contribution < 1.29 is 23.8 Å². The molecule has 0 aliphatic heterocycles. The molecule has 6 nitrogen and oxygen atoms in total. The topological polar surface area (TPSA) is 73.9 Å². The number of hydrogen-bond donors (Lipinski definition) is 1. The van der Waals surface area contributed by atoms with Crippen molar-refractivity contribution in [3.05, 3.63) is 64.7 Å². The maximum absolute atomic E-state index is 12.0. The average Bonchev–Trinajstić information content (AvgIpc) is 2.70. The summed E-state index contributed by atoms with van der Waals surface area (Å²) < 4.78 is 15.4. The Morgan fingerprint density at radius 3 is 2.46 bits per heavy atom. The summed E-state index contributed by atoms with van der Waals surface area (Å²) >= 11 is 5.85. The van der Waals surface area contributed by atoms with Gasteiger partial charge in [0.1, 0.15) is 11.5 Å². The number of esters is 1. The number of benzene rings is 2. The number of ether oxygens (including phenoxy) is 3. The van der Waals surface area contributed by atoms with Crippen molar-refractivity contribution >= 4 is 29.6 Å². The van der Waals surface area contributed by atoms with Gasteiger partial charge in [-0.1, -0.05) is 23.7 Å². The predicted octanol–water partition coefficient (Wildman–Crippen LogP) is 3.79. The standard InChI is InChI=1S/C21H22ClNO5/c1-14(15-4-7-17(22)8-5-15)23-20(24)13-28-21(25)11-6-16-12-18(26-2)9-10-19(16)27-3/h4-12,14H,13H2,1-3H3,(H,23,24)/b11-6+. The van der Waals surface area contributed by atoms with Crippen LogP contribution in [-0.2, 0) is 14.3 Å². The maximum Gasteiger partial charge on any atom is 0.331 e. The molecule has 0 spiro atoms. The summed E-state index contributed by atoms with van der Waals surface area (Å²) in [6.07, 6.45) is 2.77. The Morgan fingerprint density at radius 2 is 1.82 bits per heavy atom. The molecule has 1 amide bonds. The molecule has 0 aliphatic carbocycles. The van der Waals surface area contributed by atoms with Gasteiger partial charge >= 0.3 is 5.97 Å². The molecule has 0 radical (unpaired) electrons. The minimum Gasteiger partial charge on any atom is -0.497 e. The molecule has 0 aliphatic rings. The van der Waals surface area contributed by atoms with Crippen molar-refractivity contribution in [2.45, 2.75) is 13.0 Å². The average molecular weight is 404 g/mol. The molecule has 28 heavy (non-hydrogen) atoms. The maximum atomic E-state index is 12.0. The van der Waals surface area contributed by atoms with E-state index in [4.69, 9.17) is 25.8 Å². The normalized spacial score (nSPS) is 11.7. The van der Waals surface area contributed by atoms with Gasteiger partial charge in [-0.15, -0.1) is 0 Å². The Bertz CT molecular complexity index is 848. The molecular formula is C21H22ClNO5. The number of hydrogen-bond acceptors (Lipinski definition) is 5. The van der Waals surface area contributed by atoms with E-state index >= 15 is 0 Å². The predicted molar refractivity (Wildman–Crippen MR) is 108 cm³/mol. The molecular weight excluding hydrogens is 382 g/mol. The van der Waals surface area contributed by atoms with Crippen LogP contribution in [0.15, 0.2) is 48.5 Å². The molecule has 0 saturated carbocycles. The van der Waals surface area contributed by atoms with Gasteiger partial charge in [0.15, 0.2) is 6.61 Å². The molecule has 2 rings (SSSR count). The zero-order valence-electron chi connectivity index (χ0n) is 15.9. The summed E-state index contributed by atoms with van der Waals surface area (Å²) in [7, 11) is 3.08. The second kappa shape index (κ2) is 10.4. The lowest BCUT2D eigenvalue weighted by Gasteiger charge is -2.14. The van der Waals surface area contributed by atoms with E-state index in [-0.39, 0.29) is 12.6 Å². The van der Waals surface area contributed by atoms with E-state index in [1.807, 2.05) is 19.1 Å². The first-order chi connectivity index (χ1) is 13.4. The molecule has 1 N–H and O–H groups in total. The lowest BCUT2D eigenvalue weighted by molar-refractivity contribution is -0.144. The number of amides is 1. The van der Waals surface area contributed by atoms with Gasteiger partial charge in [-0.2, -0.15) is 0 Å². The highest BCUT2D eigenvalue weighted by atomic mass is 35.5. The molecule has 1 atom stereocenters. The third-order valence-corrected chi connectivity index (χ3v) is 4.18. The van der Waals surface area contributed by atoms with Crippen molar-refractivity contribution in [3.8, 4) is 11.5 Å². The van der Waals surface area contributed by atoms with Crippen molar-refractivity contribution in [2.24, 2.45) is 0 Å². The summed E-state index contributed by atoms with van der Waals surface area (Å²) in [6.45, 7) is 1.45. The van der Waals surface area contributed by atoms with Gasteiger partial charge in [0, 0.05) is 16.7 Å². The van der Waals surface area contributed by atoms with Crippen LogP contribution in [0.25, 0.3) is 6.08 Å². The smallest absolute Gasteiger partial charge is 0.331 e. The van der Waals surface area contributed by atoms with Crippen LogP contribution in [0.3, 0.4) is 0 Å². The fourth-order valence-corrected chi connectivity index (χ4v) is 2.56. The molecule has 1 unspecified atom stereocenters. The Morgan fingerprint density at radius 1 is 1.11 bits per heavy atom. The van der Waals surface area contributed by atoms with Gasteiger partial charge in [-0.05, 0) is 48.9 Å². The molecule has 148 valence electrons. The van der Waals surface area contributed by atoms with Crippen LogP contribution in [0.5, 0.6) is 11.5 Å². The van der Waals surface area contributed by atoms with Gasteiger partial charge in [-0.25, -0.2) is 4.79 Å². The van der Waals surface area contributed by atoms with E-state index < -0.39 is 11.9 Å². The zero-order chi connectivity index (χ0) is 20.5. The summed E-state index contributed by atoms with van der Waals surface area (Å²) in [5, 5.41) is 3.38. The van der Waals surface area contributed by atoms with Gasteiger partial charge in [0.25, 0.3) is 5.91 Å². The van der Waals surface area contributed by atoms with E-state index in [9.17, 15) is 9.59 Å². The van der Waals surface area contributed by atoms with E-state index in [0.717, 1.165) is 5.56 Å². The summed E-state index contributed by atoms with van der Waals surface area (Å²) in [5.41, 5.74) is 1.55. The van der Waals surface area contributed by atoms with E-state index in [1.165, 1.54) is 19.3 Å². The van der Waals surface area contributed by atoms with Crippen molar-refractivity contribution in [1.29, 1.82) is 0 Å². The van der Waals surface area contributed by atoms with Gasteiger partial charge in [-0.3, -0.25) is 4.79 Å². The quantitative estimate of drug-likeness (QED) is 0.536. The SMILES string of the molecule is COc1ccc(OC)c(/C=C/C(=O)OCC(=O)NC(C)c2ccc(Cl)cc2)c1. The van der Waals surface area contributed by atoms with Crippen LogP contribution in [0.4, 0.5) is 0 Å². The largest absolute Gasteiger partial charge is 0.497 e. The van der Waals surface area contributed by atoms with Crippen LogP contribution in [0.1, 0.15) is 24.1 Å². The highest BCUT2D eigenvalue weighted by Gasteiger charge is 2.11. The van der Waals surface area contributed by atoms with Crippen LogP contribution < -0.4 is 14.8 Å². The molecule has 0 aromatic heterocycles. The second-order valence-electron chi connectivity index (χ2n) is 5.89. The number of carbonyl (C=O) groups excluding carboxylic acids is 2. The number of nitrogens with one attached hydrogen (secondary N) is 1. The molecule has 7 heteroatoms. The Labute approximate surface area is 169 Å². The molecule has 0 fully saturated rings. The number of methoxy groups -OCH3 is 2. The van der Waals surface area contributed by atoms with Crippen molar-refractivity contribution in [3.63, 3.8) is 0 Å². The van der Waals surface area contributed by atoms with Crippen LogP contribution in [0.2, 0.25) is 5.02 Å². The second-order valence-corrected chi connectivity index (χ2v) is 6.33. The third kappa shape index (κ3) is 6.32. The number of carbonyl (C=O) groups is 2. The minimum atomic E-state index is -0.640. The lowest BCUT2D eigenvalue weighted by Crippen LogP contribution is -2.30. The highest BCUT2D eigenvalue weighted by Crippen LogP contribution is 2.25. The summed E-state index contributed by atoms with van der Waals surface area (Å²) in [6, 6.07) is 12.1. The van der Waals surface area contributed by atoms with Gasteiger partial charge < -0.3 is 19.5 Å². The first-order valence-corrected chi connectivity index (χ1v) is 8.92. The van der Waals surface area contributed by atoms with Gasteiger partial charge in [0.05, 0.1) is 20.3 Å². The Balaban J connectivity index is 1.87. The highest BCUT2D eigenvalue weighted by molar-refractivity contribution is 6.30. The van der Waals surface area contributed by atoms with Crippen LogP contribution >= 0.6 is 11.6 Å². The Hall–Kier alpha value is -2.99. The number of rotatable bonds is 8. The Kier molecular flexibility index (Phi) is 7.89. The first kappa shape index (κ1) is 21.3. The van der Waals surface area contributed by atoms with E-state index in [0.29, 0.717) is 22.1 Å². The zero-order valence-corrected chi connectivity index (χ0v) is 16.7. The summed E-state index contributed by atoms with van der Waals surface area (Å²) in [4.78, 5) is 23.9. The molecule has 2 aromatic carbocycles. The van der Waals surface area contributed by atoms with Crippen molar-refractivity contribution in [1.82, 2.24) is 5.32 Å². The molecule has 0 saturated heterocycles. The fourth-order valence-electron chi connectivity index (χ4n) is 2.43.